The Hall–Kier alpha value is -1.96. The Morgan fingerprint density at radius 2 is 2.04 bits per heavy atom. The molecule has 1 amide bonds. The van der Waals surface area contributed by atoms with Gasteiger partial charge in [-0.3, -0.25) is 4.79 Å². The molecule has 0 radical (unpaired) electrons. The first-order valence-electron chi connectivity index (χ1n) is 8.54. The lowest BCUT2D eigenvalue weighted by atomic mass is 10.0. The Morgan fingerprint density at radius 1 is 1.24 bits per heavy atom. The smallest absolute Gasteiger partial charge is 0.230 e. The number of ether oxygens (including phenoxy) is 2. The Balaban J connectivity index is 1.32. The minimum Gasteiger partial charge on any atom is -0.370 e. The molecule has 2 fully saturated rings. The highest BCUT2D eigenvalue weighted by Crippen LogP contribution is 2.33. The Bertz CT molecular complexity index is 702. The van der Waals surface area contributed by atoms with Gasteiger partial charge in [0.1, 0.15) is 5.82 Å². The summed E-state index contributed by atoms with van der Waals surface area (Å²) in [5.41, 5.74) is 1.06. The fourth-order valence-electron chi connectivity index (χ4n) is 3.30. The zero-order chi connectivity index (χ0) is 17.1. The van der Waals surface area contributed by atoms with Crippen molar-refractivity contribution in [1.29, 1.82) is 0 Å². The van der Waals surface area contributed by atoms with E-state index in [-0.39, 0.29) is 11.7 Å². The number of anilines is 2. The van der Waals surface area contributed by atoms with E-state index in [1.165, 1.54) is 0 Å². The summed E-state index contributed by atoms with van der Waals surface area (Å²) < 4.78 is 11.5. The Kier molecular flexibility index (Phi) is 4.70. The second kappa shape index (κ2) is 7.11. The molecule has 0 aromatic carbocycles. The average molecular weight is 359 g/mol. The molecule has 2 saturated heterocycles. The molecule has 0 bridgehead atoms. The van der Waals surface area contributed by atoms with E-state index < -0.39 is 0 Å². The molecule has 2 aliphatic rings. The van der Waals surface area contributed by atoms with Crippen molar-refractivity contribution in [2.45, 2.75) is 25.0 Å². The molecule has 132 valence electrons. The lowest BCUT2D eigenvalue weighted by Gasteiger charge is -2.38. The number of nitrogens with one attached hydrogen (secondary N) is 1. The van der Waals surface area contributed by atoms with E-state index in [1.807, 2.05) is 35.8 Å². The molecule has 4 heterocycles. The molecular formula is C18H21N3O3S. The van der Waals surface area contributed by atoms with Crippen molar-refractivity contribution in [2.24, 2.45) is 0 Å². The maximum absolute atomic E-state index is 12.0. The van der Waals surface area contributed by atoms with Crippen LogP contribution in [0.5, 0.6) is 0 Å². The number of rotatable bonds is 4. The number of hydrogen-bond acceptors (Lipinski definition) is 6. The zero-order valence-electron chi connectivity index (χ0n) is 13.9. The Morgan fingerprint density at radius 3 is 2.68 bits per heavy atom. The van der Waals surface area contributed by atoms with Gasteiger partial charge in [0, 0.05) is 30.8 Å². The quantitative estimate of drug-likeness (QED) is 0.909. The van der Waals surface area contributed by atoms with Gasteiger partial charge >= 0.3 is 0 Å². The highest BCUT2D eigenvalue weighted by atomic mass is 32.1. The van der Waals surface area contributed by atoms with Crippen molar-refractivity contribution in [3.63, 3.8) is 0 Å². The van der Waals surface area contributed by atoms with Gasteiger partial charge in [0.25, 0.3) is 0 Å². The first kappa shape index (κ1) is 16.5. The molecule has 0 atom stereocenters. The van der Waals surface area contributed by atoms with Gasteiger partial charge in [0.05, 0.1) is 31.5 Å². The van der Waals surface area contributed by atoms with E-state index in [9.17, 15) is 4.79 Å². The minimum absolute atomic E-state index is 0.0434. The van der Waals surface area contributed by atoms with Crippen LogP contribution in [-0.2, 0) is 20.7 Å². The maximum Gasteiger partial charge on any atom is 0.230 e. The summed E-state index contributed by atoms with van der Waals surface area (Å²) in [5, 5.41) is 4.82. The van der Waals surface area contributed by atoms with Gasteiger partial charge in [-0.1, -0.05) is 6.07 Å². The molecule has 7 heteroatoms. The first-order chi connectivity index (χ1) is 12.2. The first-order valence-corrected chi connectivity index (χ1v) is 9.42. The van der Waals surface area contributed by atoms with Crippen molar-refractivity contribution in [1.82, 2.24) is 4.98 Å². The van der Waals surface area contributed by atoms with Crippen LogP contribution in [0.15, 0.2) is 35.8 Å². The molecule has 0 aliphatic carbocycles. The number of thiophene rings is 1. The third kappa shape index (κ3) is 3.84. The number of aromatic nitrogens is 1. The number of hydrogen-bond donors (Lipinski definition) is 1. The summed E-state index contributed by atoms with van der Waals surface area (Å²) in [6.07, 6.45) is 3.93. The largest absolute Gasteiger partial charge is 0.370 e. The van der Waals surface area contributed by atoms with E-state index in [4.69, 9.17) is 9.47 Å². The van der Waals surface area contributed by atoms with Crippen LogP contribution in [0, 0.1) is 0 Å². The molecule has 25 heavy (non-hydrogen) atoms. The summed E-state index contributed by atoms with van der Waals surface area (Å²) in [7, 11) is 0. The monoisotopic (exact) mass is 359 g/mol. The maximum atomic E-state index is 12.0. The third-order valence-electron chi connectivity index (χ3n) is 4.63. The number of piperidine rings is 1. The number of carbonyl (C=O) groups is 1. The van der Waals surface area contributed by atoms with Gasteiger partial charge < -0.3 is 19.7 Å². The highest BCUT2D eigenvalue weighted by molar-refractivity contribution is 7.10. The van der Waals surface area contributed by atoms with E-state index in [2.05, 4.69) is 15.2 Å². The minimum atomic E-state index is -0.361. The lowest BCUT2D eigenvalue weighted by Crippen LogP contribution is -2.45. The Labute approximate surface area is 150 Å². The van der Waals surface area contributed by atoms with Crippen LogP contribution in [0.2, 0.25) is 0 Å². The number of carbonyl (C=O) groups excluding carboxylic acids is 1. The van der Waals surface area contributed by atoms with Gasteiger partial charge in [-0.05, 0) is 23.6 Å². The van der Waals surface area contributed by atoms with E-state index in [0.717, 1.165) is 36.5 Å². The van der Waals surface area contributed by atoms with Crippen molar-refractivity contribution in [2.75, 3.05) is 36.5 Å². The molecule has 1 spiro atoms. The molecule has 0 unspecified atom stereocenters. The van der Waals surface area contributed by atoms with Gasteiger partial charge in [-0.15, -0.1) is 11.3 Å². The van der Waals surface area contributed by atoms with E-state index >= 15 is 0 Å². The highest BCUT2D eigenvalue weighted by Gasteiger charge is 2.39. The molecule has 2 aromatic heterocycles. The molecule has 4 rings (SSSR count). The molecule has 0 saturated carbocycles. The fourth-order valence-corrected chi connectivity index (χ4v) is 4.00. The van der Waals surface area contributed by atoms with E-state index in [1.54, 1.807) is 11.3 Å². The van der Waals surface area contributed by atoms with Gasteiger partial charge in [0.2, 0.25) is 5.91 Å². The second-order valence-electron chi connectivity index (χ2n) is 6.30. The molecule has 2 aromatic rings. The van der Waals surface area contributed by atoms with Crippen LogP contribution in [0.1, 0.15) is 17.7 Å². The predicted octanol–water partition coefficient (Wildman–Crippen LogP) is 2.67. The SMILES string of the molecule is O=C(Cc1cccs1)Nc1ccc(N2CCC3(CC2)OCCO3)cn1. The van der Waals surface area contributed by atoms with Gasteiger partial charge in [-0.25, -0.2) is 4.98 Å². The summed E-state index contributed by atoms with van der Waals surface area (Å²) >= 11 is 1.58. The average Bonchev–Trinajstić information content (AvgIpc) is 3.29. The van der Waals surface area contributed by atoms with Gasteiger partial charge in [-0.2, -0.15) is 0 Å². The summed E-state index contributed by atoms with van der Waals surface area (Å²) in [5.74, 6) is 0.180. The summed E-state index contributed by atoms with van der Waals surface area (Å²) in [6.45, 7) is 3.15. The van der Waals surface area contributed by atoms with Crippen molar-refractivity contribution < 1.29 is 14.3 Å². The number of pyridine rings is 1. The third-order valence-corrected chi connectivity index (χ3v) is 5.51. The van der Waals surface area contributed by atoms with Crippen LogP contribution >= 0.6 is 11.3 Å². The standard InChI is InChI=1S/C18H21N3O3S/c22-17(12-15-2-1-11-25-15)20-16-4-3-14(13-19-16)21-7-5-18(6-8-21)23-9-10-24-18/h1-4,11,13H,5-10,12H2,(H,19,20,22). The predicted molar refractivity (Wildman–Crippen MR) is 97.0 cm³/mol. The lowest BCUT2D eigenvalue weighted by molar-refractivity contribution is -0.169. The van der Waals surface area contributed by atoms with Crippen LogP contribution in [0.4, 0.5) is 11.5 Å². The molecular weight excluding hydrogens is 338 g/mol. The van der Waals surface area contributed by atoms with Crippen molar-refractivity contribution >= 4 is 28.7 Å². The number of amides is 1. The van der Waals surface area contributed by atoms with Gasteiger partial charge in [0.15, 0.2) is 5.79 Å². The normalized spacial score (nSPS) is 19.3. The molecule has 1 N–H and O–H groups in total. The second-order valence-corrected chi connectivity index (χ2v) is 7.33. The topological polar surface area (TPSA) is 63.7 Å². The molecule has 2 aliphatic heterocycles. The summed E-state index contributed by atoms with van der Waals surface area (Å²) in [4.78, 5) is 19.7. The number of nitrogens with zero attached hydrogens (tertiary/aromatic N) is 2. The summed E-state index contributed by atoms with van der Waals surface area (Å²) in [6, 6.07) is 7.77. The van der Waals surface area contributed by atoms with Crippen LogP contribution in [0.3, 0.4) is 0 Å². The van der Waals surface area contributed by atoms with Crippen molar-refractivity contribution in [3.05, 3.63) is 40.7 Å². The van der Waals surface area contributed by atoms with Crippen LogP contribution in [-0.4, -0.2) is 43.0 Å². The van der Waals surface area contributed by atoms with Crippen LogP contribution in [0.25, 0.3) is 0 Å². The zero-order valence-corrected chi connectivity index (χ0v) is 14.8. The fraction of sp³-hybridized carbons (Fsp3) is 0.444. The van der Waals surface area contributed by atoms with E-state index in [0.29, 0.717) is 25.5 Å². The molecule has 6 nitrogen and oxygen atoms in total. The van der Waals surface area contributed by atoms with Crippen molar-refractivity contribution in [3.8, 4) is 0 Å². The van der Waals surface area contributed by atoms with Crippen LogP contribution < -0.4 is 10.2 Å².